The summed E-state index contributed by atoms with van der Waals surface area (Å²) in [5.74, 6) is -0.996. The third-order valence-corrected chi connectivity index (χ3v) is 6.77. The van der Waals surface area contributed by atoms with Gasteiger partial charge in [-0.1, -0.05) is 12.1 Å². The molecule has 7 heteroatoms. The Hall–Kier alpha value is -2.25. The fourth-order valence-corrected chi connectivity index (χ4v) is 5.38. The van der Waals surface area contributed by atoms with Gasteiger partial charge in [-0.3, -0.25) is 9.59 Å². The van der Waals surface area contributed by atoms with Gasteiger partial charge in [0, 0.05) is 22.1 Å². The molecular weight excluding hydrogens is 380 g/mol. The Balaban J connectivity index is 1.68. The third-order valence-electron chi connectivity index (χ3n) is 5.00. The number of hydrogen-bond acceptors (Lipinski definition) is 5. The summed E-state index contributed by atoms with van der Waals surface area (Å²) in [5, 5.41) is 19.3. The van der Waals surface area contributed by atoms with Crippen LogP contribution in [0.5, 0.6) is 0 Å². The van der Waals surface area contributed by atoms with Crippen LogP contribution in [-0.4, -0.2) is 27.7 Å². The van der Waals surface area contributed by atoms with Crippen molar-refractivity contribution in [3.63, 3.8) is 0 Å². The molecule has 1 amide bonds. The summed E-state index contributed by atoms with van der Waals surface area (Å²) in [6, 6.07) is 8.03. The van der Waals surface area contributed by atoms with Gasteiger partial charge in [0.15, 0.2) is 0 Å². The smallest absolute Gasteiger partial charge is 0.303 e. The average molecular weight is 401 g/mol. The standard InChI is InChI=1S/C20H20N2O3S2/c23-17(8-9-18(24)25)22-20(16-7-3-11-27-16)15-6-1-4-13(19(15)21-22)12-14-5-2-10-26-14/h2-3,5,7,10-12,15,20H,1,4,6,8-9H2,(H,24,25)/b13-12-/t15-,20-/m0/s1. The minimum absolute atomic E-state index is 0.0231. The predicted molar refractivity (Wildman–Crippen MR) is 108 cm³/mol. The van der Waals surface area contributed by atoms with Crippen LogP contribution in [0.4, 0.5) is 0 Å². The molecule has 2 aromatic heterocycles. The molecule has 1 aliphatic carbocycles. The molecule has 2 atom stereocenters. The highest BCUT2D eigenvalue weighted by atomic mass is 32.1. The number of fused-ring (bicyclic) bond motifs is 1. The lowest BCUT2D eigenvalue weighted by atomic mass is 9.79. The van der Waals surface area contributed by atoms with E-state index in [9.17, 15) is 9.59 Å². The normalized spacial score (nSPS) is 23.3. The minimum atomic E-state index is -0.960. The number of hydrazone groups is 1. The Morgan fingerprint density at radius 1 is 1.22 bits per heavy atom. The van der Waals surface area contributed by atoms with Crippen molar-refractivity contribution < 1.29 is 14.7 Å². The number of carboxylic acid groups (broad SMARTS) is 1. The quantitative estimate of drug-likeness (QED) is 0.784. The van der Waals surface area contributed by atoms with Crippen molar-refractivity contribution in [3.8, 4) is 0 Å². The SMILES string of the molecule is O=C(O)CCC(=O)N1N=C2/C(=C\c3cccs3)CCC[C@@H]2[C@H]1c1cccs1. The number of amides is 1. The third kappa shape index (κ3) is 3.75. The maximum atomic E-state index is 12.8. The topological polar surface area (TPSA) is 70.0 Å². The zero-order valence-electron chi connectivity index (χ0n) is 14.7. The van der Waals surface area contributed by atoms with Crippen LogP contribution < -0.4 is 0 Å². The van der Waals surface area contributed by atoms with Crippen molar-refractivity contribution in [1.29, 1.82) is 0 Å². The monoisotopic (exact) mass is 400 g/mol. The highest BCUT2D eigenvalue weighted by molar-refractivity contribution is 7.11. The van der Waals surface area contributed by atoms with Crippen molar-refractivity contribution >= 4 is 46.3 Å². The van der Waals surface area contributed by atoms with Crippen LogP contribution >= 0.6 is 22.7 Å². The van der Waals surface area contributed by atoms with E-state index in [0.717, 1.165) is 29.9 Å². The molecule has 0 unspecified atom stereocenters. The van der Waals surface area contributed by atoms with Gasteiger partial charge in [-0.05, 0) is 53.8 Å². The summed E-state index contributed by atoms with van der Waals surface area (Å²) >= 11 is 3.32. The van der Waals surface area contributed by atoms with Crippen LogP contribution in [0.2, 0.25) is 0 Å². The predicted octanol–water partition coefficient (Wildman–Crippen LogP) is 4.80. The summed E-state index contributed by atoms with van der Waals surface area (Å²) in [5.41, 5.74) is 2.19. The van der Waals surface area contributed by atoms with E-state index in [0.29, 0.717) is 0 Å². The second-order valence-electron chi connectivity index (χ2n) is 6.76. The number of aliphatic carboxylic acids is 1. The van der Waals surface area contributed by atoms with Gasteiger partial charge in [-0.25, -0.2) is 5.01 Å². The van der Waals surface area contributed by atoms with E-state index < -0.39 is 5.97 Å². The van der Waals surface area contributed by atoms with E-state index in [2.05, 4.69) is 17.5 Å². The molecule has 0 bridgehead atoms. The summed E-state index contributed by atoms with van der Waals surface area (Å²) in [6.45, 7) is 0. The highest BCUT2D eigenvalue weighted by Crippen LogP contribution is 2.45. The van der Waals surface area contributed by atoms with Crippen LogP contribution in [0.25, 0.3) is 6.08 Å². The maximum Gasteiger partial charge on any atom is 0.303 e. The van der Waals surface area contributed by atoms with Gasteiger partial charge < -0.3 is 5.11 Å². The second kappa shape index (κ2) is 7.78. The molecule has 1 aliphatic heterocycles. The fourth-order valence-electron chi connectivity index (χ4n) is 3.82. The van der Waals surface area contributed by atoms with Gasteiger partial charge in [-0.2, -0.15) is 5.10 Å². The van der Waals surface area contributed by atoms with Crippen LogP contribution in [-0.2, 0) is 9.59 Å². The van der Waals surface area contributed by atoms with E-state index in [-0.39, 0.29) is 30.7 Å². The lowest BCUT2D eigenvalue weighted by Crippen LogP contribution is -2.31. The fraction of sp³-hybridized carbons (Fsp3) is 0.350. The number of allylic oxidation sites excluding steroid dienone is 1. The Morgan fingerprint density at radius 3 is 2.74 bits per heavy atom. The van der Waals surface area contributed by atoms with Crippen LogP contribution in [0.15, 0.2) is 45.7 Å². The van der Waals surface area contributed by atoms with Crippen molar-refractivity contribution in [2.45, 2.75) is 38.1 Å². The van der Waals surface area contributed by atoms with Crippen molar-refractivity contribution in [1.82, 2.24) is 5.01 Å². The average Bonchev–Trinajstić information content (AvgIpc) is 3.39. The molecule has 0 spiro atoms. The molecule has 27 heavy (non-hydrogen) atoms. The lowest BCUT2D eigenvalue weighted by Gasteiger charge is -2.28. The Morgan fingerprint density at radius 2 is 2.04 bits per heavy atom. The molecule has 2 aromatic rings. The molecule has 1 fully saturated rings. The summed E-state index contributed by atoms with van der Waals surface area (Å²) < 4.78 is 0. The van der Waals surface area contributed by atoms with E-state index in [1.807, 2.05) is 23.6 Å². The number of carbonyl (C=O) groups excluding carboxylic acids is 1. The van der Waals surface area contributed by atoms with Crippen molar-refractivity contribution in [3.05, 3.63) is 50.4 Å². The molecule has 1 N–H and O–H groups in total. The van der Waals surface area contributed by atoms with Crippen LogP contribution in [0, 0.1) is 5.92 Å². The molecule has 140 valence electrons. The number of hydrogen-bond donors (Lipinski definition) is 1. The van der Waals surface area contributed by atoms with Gasteiger partial charge in [-0.15, -0.1) is 22.7 Å². The Labute approximate surface area is 165 Å². The highest BCUT2D eigenvalue weighted by Gasteiger charge is 2.44. The Kier molecular flexibility index (Phi) is 5.22. The lowest BCUT2D eigenvalue weighted by molar-refractivity contribution is -0.141. The number of thiophene rings is 2. The Bertz CT molecular complexity index is 884. The molecule has 1 saturated carbocycles. The molecular formula is C20H20N2O3S2. The van der Waals surface area contributed by atoms with Crippen molar-refractivity contribution in [2.75, 3.05) is 0 Å². The number of carbonyl (C=O) groups is 2. The van der Waals surface area contributed by atoms with E-state index in [1.54, 1.807) is 27.7 Å². The van der Waals surface area contributed by atoms with Gasteiger partial charge in [0.05, 0.1) is 18.2 Å². The maximum absolute atomic E-state index is 12.8. The molecule has 0 radical (unpaired) electrons. The molecule has 2 aliphatic rings. The van der Waals surface area contributed by atoms with Crippen molar-refractivity contribution in [2.24, 2.45) is 11.0 Å². The van der Waals surface area contributed by atoms with Gasteiger partial charge >= 0.3 is 5.97 Å². The summed E-state index contributed by atoms with van der Waals surface area (Å²) in [7, 11) is 0. The van der Waals surface area contributed by atoms with E-state index in [4.69, 9.17) is 10.2 Å². The number of rotatable bonds is 5. The first-order valence-electron chi connectivity index (χ1n) is 9.03. The molecule has 3 heterocycles. The molecule has 0 saturated heterocycles. The molecule has 4 rings (SSSR count). The van der Waals surface area contributed by atoms with Crippen LogP contribution in [0.3, 0.4) is 0 Å². The summed E-state index contributed by atoms with van der Waals surface area (Å²) in [6.07, 6.45) is 5.02. The van der Waals surface area contributed by atoms with E-state index in [1.165, 1.54) is 10.5 Å². The minimum Gasteiger partial charge on any atom is -0.481 e. The zero-order valence-corrected chi connectivity index (χ0v) is 16.3. The number of carboxylic acids is 1. The molecule has 0 aromatic carbocycles. The largest absolute Gasteiger partial charge is 0.481 e. The summed E-state index contributed by atoms with van der Waals surface area (Å²) in [4.78, 5) is 26.0. The van der Waals surface area contributed by atoms with Gasteiger partial charge in [0.25, 0.3) is 0 Å². The van der Waals surface area contributed by atoms with Gasteiger partial charge in [0.1, 0.15) is 0 Å². The first kappa shape index (κ1) is 18.1. The first-order chi connectivity index (χ1) is 13.1. The second-order valence-corrected chi connectivity index (χ2v) is 8.72. The van der Waals surface area contributed by atoms with E-state index >= 15 is 0 Å². The molecule has 5 nitrogen and oxygen atoms in total. The number of nitrogens with zero attached hydrogens (tertiary/aromatic N) is 2. The first-order valence-corrected chi connectivity index (χ1v) is 10.8. The van der Waals surface area contributed by atoms with Crippen LogP contribution in [0.1, 0.15) is 47.9 Å². The zero-order chi connectivity index (χ0) is 18.8. The van der Waals surface area contributed by atoms with Gasteiger partial charge in [0.2, 0.25) is 5.91 Å².